The number of alkyl halides is 2. The number of aromatic nitrogens is 3. The van der Waals surface area contributed by atoms with Gasteiger partial charge in [-0.05, 0) is 50.3 Å². The molecule has 1 aromatic carbocycles. The Morgan fingerprint density at radius 3 is 2.51 bits per heavy atom. The molecule has 0 saturated carbocycles. The van der Waals surface area contributed by atoms with Crippen molar-refractivity contribution in [2.45, 2.75) is 52.7 Å². The molecule has 1 aliphatic heterocycles. The molecule has 35 heavy (non-hydrogen) atoms. The van der Waals surface area contributed by atoms with Crippen molar-refractivity contribution in [2.24, 2.45) is 5.41 Å². The third kappa shape index (κ3) is 5.14. The molecular formula is C24H27F2N3O5S. The number of Topliss-reactive ketones (excluding diaryl/α,β-unsaturated/α-hetero) is 1. The van der Waals surface area contributed by atoms with E-state index in [0.29, 0.717) is 29.6 Å². The number of hydrogen-bond acceptors (Lipinski definition) is 6. The van der Waals surface area contributed by atoms with E-state index in [0.717, 1.165) is 0 Å². The predicted octanol–water partition coefficient (Wildman–Crippen LogP) is 4.16. The van der Waals surface area contributed by atoms with Gasteiger partial charge in [-0.3, -0.25) is 9.36 Å². The summed E-state index contributed by atoms with van der Waals surface area (Å²) in [5, 5.41) is 0. The lowest BCUT2D eigenvalue weighted by molar-refractivity contribution is -0.0498. The number of pyridine rings is 1. The summed E-state index contributed by atoms with van der Waals surface area (Å²) in [5.74, 6) is -0.135. The van der Waals surface area contributed by atoms with Crippen LogP contribution < -0.4 is 10.4 Å². The number of ketones is 1. The number of sulfone groups is 1. The average Bonchev–Trinajstić information content (AvgIpc) is 3.07. The number of rotatable bonds is 7. The van der Waals surface area contributed by atoms with E-state index >= 15 is 0 Å². The van der Waals surface area contributed by atoms with Crippen LogP contribution in [-0.4, -0.2) is 46.4 Å². The third-order valence-corrected chi connectivity index (χ3v) is 8.13. The van der Waals surface area contributed by atoms with Crippen LogP contribution in [0.5, 0.6) is 5.75 Å². The van der Waals surface area contributed by atoms with Crippen LogP contribution in [0.3, 0.4) is 0 Å². The predicted molar refractivity (Wildman–Crippen MR) is 127 cm³/mol. The van der Waals surface area contributed by atoms with Crippen molar-refractivity contribution in [3.8, 4) is 11.4 Å². The zero-order valence-corrected chi connectivity index (χ0v) is 20.5. The zero-order valence-electron chi connectivity index (χ0n) is 19.7. The fraction of sp³-hybridized carbons (Fsp3) is 0.458. The second-order valence-corrected chi connectivity index (χ2v) is 11.9. The number of halogens is 2. The SMILES string of the molecule is CC(C)n1c(=O)n(-c2cccc(OC(F)F)c2)c2ncc(C(=O)CC3(C)CCS(=O)(=O)CC3)cc21. The summed E-state index contributed by atoms with van der Waals surface area (Å²) in [6, 6.07) is 7.13. The molecule has 0 aliphatic carbocycles. The first-order valence-corrected chi connectivity index (χ1v) is 13.1. The summed E-state index contributed by atoms with van der Waals surface area (Å²) in [7, 11) is -3.05. The largest absolute Gasteiger partial charge is 0.435 e. The molecular weight excluding hydrogens is 480 g/mol. The molecule has 3 heterocycles. The molecule has 8 nitrogen and oxygen atoms in total. The highest BCUT2D eigenvalue weighted by Gasteiger charge is 2.35. The number of imidazole rings is 1. The van der Waals surface area contributed by atoms with Crippen LogP contribution >= 0.6 is 0 Å². The number of hydrogen-bond donors (Lipinski definition) is 0. The summed E-state index contributed by atoms with van der Waals surface area (Å²) in [5.41, 5.74) is 0.502. The quantitative estimate of drug-likeness (QED) is 0.445. The van der Waals surface area contributed by atoms with Crippen molar-refractivity contribution in [3.63, 3.8) is 0 Å². The van der Waals surface area contributed by atoms with Gasteiger partial charge in [0.15, 0.2) is 11.4 Å². The fourth-order valence-electron chi connectivity index (χ4n) is 4.48. The highest BCUT2D eigenvalue weighted by atomic mass is 32.2. The van der Waals surface area contributed by atoms with Crippen LogP contribution in [0, 0.1) is 5.41 Å². The monoisotopic (exact) mass is 507 g/mol. The minimum atomic E-state index is -3.05. The molecule has 0 spiro atoms. The minimum Gasteiger partial charge on any atom is -0.435 e. The molecule has 188 valence electrons. The average molecular weight is 508 g/mol. The fourth-order valence-corrected chi connectivity index (χ4v) is 6.29. The van der Waals surface area contributed by atoms with Gasteiger partial charge in [0.2, 0.25) is 0 Å². The highest BCUT2D eigenvalue weighted by molar-refractivity contribution is 7.91. The van der Waals surface area contributed by atoms with Gasteiger partial charge in [0.25, 0.3) is 0 Å². The molecule has 1 saturated heterocycles. The number of benzene rings is 1. The lowest BCUT2D eigenvalue weighted by Crippen LogP contribution is -2.33. The van der Waals surface area contributed by atoms with Gasteiger partial charge in [0.1, 0.15) is 15.6 Å². The van der Waals surface area contributed by atoms with Gasteiger partial charge < -0.3 is 4.74 Å². The lowest BCUT2D eigenvalue weighted by Gasteiger charge is -2.32. The van der Waals surface area contributed by atoms with E-state index in [-0.39, 0.29) is 41.1 Å². The van der Waals surface area contributed by atoms with Crippen molar-refractivity contribution in [2.75, 3.05) is 11.5 Å². The maximum absolute atomic E-state index is 13.3. The Labute approximate surface area is 201 Å². The van der Waals surface area contributed by atoms with Gasteiger partial charge in [-0.2, -0.15) is 8.78 Å². The Morgan fingerprint density at radius 2 is 1.89 bits per heavy atom. The van der Waals surface area contributed by atoms with Crippen LogP contribution in [0.1, 0.15) is 56.4 Å². The van der Waals surface area contributed by atoms with E-state index in [1.54, 1.807) is 12.1 Å². The van der Waals surface area contributed by atoms with Gasteiger partial charge in [-0.1, -0.05) is 13.0 Å². The van der Waals surface area contributed by atoms with E-state index in [1.165, 1.54) is 33.5 Å². The number of nitrogens with zero attached hydrogens (tertiary/aromatic N) is 3. The van der Waals surface area contributed by atoms with Crippen LogP contribution in [-0.2, 0) is 9.84 Å². The van der Waals surface area contributed by atoms with Gasteiger partial charge >= 0.3 is 12.3 Å². The topological polar surface area (TPSA) is 100 Å². The number of fused-ring (bicyclic) bond motifs is 1. The number of ether oxygens (including phenoxy) is 1. The maximum atomic E-state index is 13.3. The summed E-state index contributed by atoms with van der Waals surface area (Å²) in [6.07, 6.45) is 2.41. The standard InChI is InChI=1S/C24H27F2N3O5S/c1-15(2)28-19-11-16(20(30)13-24(3)7-9-35(32,33)10-8-24)14-27-21(19)29(23(28)31)17-5-4-6-18(12-17)34-22(25)26/h4-6,11-12,14-15,22H,7-10,13H2,1-3H3. The zero-order chi connectivity index (χ0) is 25.5. The Balaban J connectivity index is 1.74. The molecule has 0 radical (unpaired) electrons. The molecule has 0 N–H and O–H groups in total. The molecule has 0 amide bonds. The van der Waals surface area contributed by atoms with E-state index in [2.05, 4.69) is 9.72 Å². The van der Waals surface area contributed by atoms with Gasteiger partial charge in [0.05, 0.1) is 22.7 Å². The molecule has 2 aromatic heterocycles. The summed E-state index contributed by atoms with van der Waals surface area (Å²) in [4.78, 5) is 30.9. The van der Waals surface area contributed by atoms with E-state index in [4.69, 9.17) is 0 Å². The first kappa shape index (κ1) is 25.0. The number of carbonyl (C=O) groups excluding carboxylic acids is 1. The minimum absolute atomic E-state index is 0.0676. The van der Waals surface area contributed by atoms with Crippen molar-refractivity contribution in [1.82, 2.24) is 14.1 Å². The molecule has 0 bridgehead atoms. The van der Waals surface area contributed by atoms with Crippen molar-refractivity contribution >= 4 is 26.8 Å². The molecule has 3 aromatic rings. The summed E-state index contributed by atoms with van der Waals surface area (Å²) >= 11 is 0. The second kappa shape index (κ2) is 9.18. The van der Waals surface area contributed by atoms with E-state index in [1.807, 2.05) is 20.8 Å². The first-order chi connectivity index (χ1) is 16.4. The Hall–Kier alpha value is -3.08. The Morgan fingerprint density at radius 1 is 1.20 bits per heavy atom. The molecule has 0 atom stereocenters. The normalized spacial score (nSPS) is 17.2. The van der Waals surface area contributed by atoms with Crippen LogP contribution in [0.4, 0.5) is 8.78 Å². The third-order valence-electron chi connectivity index (χ3n) is 6.48. The van der Waals surface area contributed by atoms with Gasteiger partial charge in [0, 0.05) is 30.3 Å². The van der Waals surface area contributed by atoms with Crippen LogP contribution in [0.25, 0.3) is 16.9 Å². The first-order valence-electron chi connectivity index (χ1n) is 11.3. The second-order valence-electron chi connectivity index (χ2n) is 9.59. The van der Waals surface area contributed by atoms with Gasteiger partial charge in [-0.15, -0.1) is 0 Å². The molecule has 0 unspecified atom stereocenters. The highest BCUT2D eigenvalue weighted by Crippen LogP contribution is 2.36. The van der Waals surface area contributed by atoms with Crippen molar-refractivity contribution < 1.29 is 26.7 Å². The van der Waals surface area contributed by atoms with Gasteiger partial charge in [-0.25, -0.2) is 22.8 Å². The molecule has 1 aliphatic rings. The Kier molecular flexibility index (Phi) is 6.56. The summed E-state index contributed by atoms with van der Waals surface area (Å²) < 4.78 is 56.2. The van der Waals surface area contributed by atoms with Crippen molar-refractivity contribution in [3.05, 3.63) is 52.6 Å². The van der Waals surface area contributed by atoms with Crippen LogP contribution in [0.2, 0.25) is 0 Å². The van der Waals surface area contributed by atoms with Crippen molar-refractivity contribution in [1.29, 1.82) is 0 Å². The van der Waals surface area contributed by atoms with Crippen LogP contribution in [0.15, 0.2) is 41.3 Å². The molecule has 1 fully saturated rings. The van der Waals surface area contributed by atoms with E-state index < -0.39 is 27.6 Å². The van der Waals surface area contributed by atoms with E-state index in [9.17, 15) is 26.8 Å². The molecule has 4 rings (SSSR count). The maximum Gasteiger partial charge on any atom is 0.387 e. The lowest BCUT2D eigenvalue weighted by atomic mass is 9.78. The summed E-state index contributed by atoms with van der Waals surface area (Å²) in [6.45, 7) is 2.55. The smallest absolute Gasteiger partial charge is 0.387 e. The number of carbonyl (C=O) groups is 1. The molecule has 11 heteroatoms. The Bertz CT molecular complexity index is 1430.